The molecule has 0 radical (unpaired) electrons. The van der Waals surface area contributed by atoms with E-state index < -0.39 is 0 Å². The summed E-state index contributed by atoms with van der Waals surface area (Å²) < 4.78 is 5.72. The van der Waals surface area contributed by atoms with E-state index in [1.165, 1.54) is 5.56 Å². The van der Waals surface area contributed by atoms with E-state index in [1.54, 1.807) is 0 Å². The molecule has 0 fully saturated rings. The highest BCUT2D eigenvalue weighted by molar-refractivity contribution is 5.95. The lowest BCUT2D eigenvalue weighted by molar-refractivity contribution is 0.0915. The number of hydrogen-bond donors (Lipinski definition) is 2. The molecule has 0 aliphatic carbocycles. The van der Waals surface area contributed by atoms with Gasteiger partial charge in [-0.15, -0.1) is 0 Å². The van der Waals surface area contributed by atoms with Gasteiger partial charge < -0.3 is 15.4 Å². The molecule has 2 aliphatic heterocycles. The van der Waals surface area contributed by atoms with Gasteiger partial charge in [-0.2, -0.15) is 0 Å². The molecule has 112 valence electrons. The number of carbonyl (C=O) groups is 1. The van der Waals surface area contributed by atoms with Crippen LogP contribution in [0.1, 0.15) is 21.5 Å². The number of anilines is 1. The molecule has 4 rings (SSSR count). The molecule has 1 unspecified atom stereocenters. The van der Waals surface area contributed by atoms with E-state index in [0.29, 0.717) is 6.61 Å². The number of ether oxygens (including phenoxy) is 1. The zero-order chi connectivity index (χ0) is 14.9. The van der Waals surface area contributed by atoms with Crippen LogP contribution in [0.25, 0.3) is 0 Å². The van der Waals surface area contributed by atoms with Crippen molar-refractivity contribution in [1.82, 2.24) is 5.32 Å². The van der Waals surface area contributed by atoms with E-state index in [4.69, 9.17) is 4.74 Å². The second-order valence-corrected chi connectivity index (χ2v) is 5.84. The Morgan fingerprint density at radius 3 is 3.05 bits per heavy atom. The average molecular weight is 294 g/mol. The number of benzene rings is 2. The zero-order valence-corrected chi connectivity index (χ0v) is 12.3. The van der Waals surface area contributed by atoms with Gasteiger partial charge in [-0.05, 0) is 48.2 Å². The third-order valence-corrected chi connectivity index (χ3v) is 4.29. The molecule has 2 heterocycles. The van der Waals surface area contributed by atoms with Crippen molar-refractivity contribution >= 4 is 11.6 Å². The van der Waals surface area contributed by atoms with Gasteiger partial charge in [-0.25, -0.2) is 0 Å². The smallest absolute Gasteiger partial charge is 0.251 e. The number of nitrogens with one attached hydrogen (secondary N) is 2. The first-order valence-corrected chi connectivity index (χ1v) is 7.68. The summed E-state index contributed by atoms with van der Waals surface area (Å²) in [5.74, 6) is 0.902. The van der Waals surface area contributed by atoms with Gasteiger partial charge in [0.1, 0.15) is 12.4 Å². The predicted molar refractivity (Wildman–Crippen MR) is 85.5 cm³/mol. The van der Waals surface area contributed by atoms with Crippen molar-refractivity contribution in [2.24, 2.45) is 0 Å². The summed E-state index contributed by atoms with van der Waals surface area (Å²) in [6.45, 7) is 1.48. The lowest BCUT2D eigenvalue weighted by atomic mass is 10.0. The molecule has 0 saturated carbocycles. The van der Waals surface area contributed by atoms with E-state index in [2.05, 4.69) is 16.7 Å². The van der Waals surface area contributed by atoms with Gasteiger partial charge in [0.2, 0.25) is 0 Å². The minimum atomic E-state index is -0.0253. The molecule has 0 bridgehead atoms. The summed E-state index contributed by atoms with van der Waals surface area (Å²) >= 11 is 0. The molecule has 0 spiro atoms. The number of hydrogen-bond acceptors (Lipinski definition) is 3. The summed E-state index contributed by atoms with van der Waals surface area (Å²) in [6, 6.07) is 13.9. The molecule has 0 saturated heterocycles. The van der Waals surface area contributed by atoms with Crippen LogP contribution in [0.15, 0.2) is 42.5 Å². The fourth-order valence-electron chi connectivity index (χ4n) is 3.14. The topological polar surface area (TPSA) is 50.4 Å². The lowest BCUT2D eigenvalue weighted by Gasteiger charge is -2.26. The van der Waals surface area contributed by atoms with Crippen LogP contribution in [0.2, 0.25) is 0 Å². The Balaban J connectivity index is 1.47. The van der Waals surface area contributed by atoms with Crippen LogP contribution >= 0.6 is 0 Å². The summed E-state index contributed by atoms with van der Waals surface area (Å²) in [4.78, 5) is 12.4. The standard InChI is InChI=1S/C18H18N2O2/c21-18(14-5-6-16-12(9-14)7-8-19-16)20-15-10-13-3-1-2-4-17(13)22-11-15/h1-6,9,15,19H,7-8,10-11H2,(H,20,21). The minimum absolute atomic E-state index is 0.0220. The first-order chi connectivity index (χ1) is 10.8. The Kier molecular flexibility index (Phi) is 3.22. The van der Waals surface area contributed by atoms with Crippen LogP contribution in [0.3, 0.4) is 0 Å². The molecular formula is C18H18N2O2. The molecule has 4 nitrogen and oxygen atoms in total. The molecule has 2 aromatic rings. The van der Waals surface area contributed by atoms with Crippen molar-refractivity contribution in [3.05, 3.63) is 59.2 Å². The lowest BCUT2D eigenvalue weighted by Crippen LogP contribution is -2.42. The Morgan fingerprint density at radius 1 is 1.18 bits per heavy atom. The van der Waals surface area contributed by atoms with Gasteiger partial charge in [-0.1, -0.05) is 18.2 Å². The Labute approximate surface area is 129 Å². The maximum absolute atomic E-state index is 12.4. The Bertz CT molecular complexity index is 727. The van der Waals surface area contributed by atoms with E-state index >= 15 is 0 Å². The summed E-state index contributed by atoms with van der Waals surface area (Å²) in [6.07, 6.45) is 1.80. The highest BCUT2D eigenvalue weighted by atomic mass is 16.5. The van der Waals surface area contributed by atoms with Gasteiger partial charge >= 0.3 is 0 Å². The van der Waals surface area contributed by atoms with Crippen LogP contribution in [-0.4, -0.2) is 25.1 Å². The quantitative estimate of drug-likeness (QED) is 0.894. The molecule has 2 aromatic carbocycles. The van der Waals surface area contributed by atoms with Crippen molar-refractivity contribution in [1.29, 1.82) is 0 Å². The molecule has 1 amide bonds. The van der Waals surface area contributed by atoms with Crippen LogP contribution in [-0.2, 0) is 12.8 Å². The largest absolute Gasteiger partial charge is 0.491 e. The highest BCUT2D eigenvalue weighted by Gasteiger charge is 2.22. The van der Waals surface area contributed by atoms with E-state index in [-0.39, 0.29) is 11.9 Å². The third kappa shape index (κ3) is 2.41. The maximum atomic E-state index is 12.4. The monoisotopic (exact) mass is 294 g/mol. The van der Waals surface area contributed by atoms with Crippen molar-refractivity contribution in [3.8, 4) is 5.75 Å². The zero-order valence-electron chi connectivity index (χ0n) is 12.3. The number of para-hydroxylation sites is 1. The van der Waals surface area contributed by atoms with Gasteiger partial charge in [0, 0.05) is 17.8 Å². The number of rotatable bonds is 2. The summed E-state index contributed by atoms with van der Waals surface area (Å²) in [7, 11) is 0. The third-order valence-electron chi connectivity index (χ3n) is 4.29. The molecule has 22 heavy (non-hydrogen) atoms. The minimum Gasteiger partial charge on any atom is -0.491 e. The van der Waals surface area contributed by atoms with Crippen LogP contribution in [0, 0.1) is 0 Å². The predicted octanol–water partition coefficient (Wildman–Crippen LogP) is 2.39. The van der Waals surface area contributed by atoms with E-state index in [0.717, 1.165) is 42.0 Å². The van der Waals surface area contributed by atoms with E-state index in [1.807, 2.05) is 36.4 Å². The molecular weight excluding hydrogens is 276 g/mol. The molecule has 4 heteroatoms. The first-order valence-electron chi connectivity index (χ1n) is 7.68. The maximum Gasteiger partial charge on any atom is 0.251 e. The van der Waals surface area contributed by atoms with Gasteiger partial charge in [0.05, 0.1) is 6.04 Å². The molecule has 0 aromatic heterocycles. The SMILES string of the molecule is O=C(NC1COc2ccccc2C1)c1ccc2c(c1)CCN2. The second kappa shape index (κ2) is 5.37. The molecule has 2 N–H and O–H groups in total. The first kappa shape index (κ1) is 13.2. The van der Waals surface area contributed by atoms with Crippen LogP contribution in [0.5, 0.6) is 5.75 Å². The fraction of sp³-hybridized carbons (Fsp3) is 0.278. The average Bonchev–Trinajstić information content (AvgIpc) is 3.02. The van der Waals surface area contributed by atoms with Gasteiger partial charge in [0.25, 0.3) is 5.91 Å². The molecule has 2 aliphatic rings. The van der Waals surface area contributed by atoms with Crippen LogP contribution < -0.4 is 15.4 Å². The fourth-order valence-corrected chi connectivity index (χ4v) is 3.14. The summed E-state index contributed by atoms with van der Waals surface area (Å²) in [5.41, 5.74) is 4.24. The number of fused-ring (bicyclic) bond motifs is 2. The number of amides is 1. The second-order valence-electron chi connectivity index (χ2n) is 5.84. The number of carbonyl (C=O) groups excluding carboxylic acids is 1. The Morgan fingerprint density at radius 2 is 2.09 bits per heavy atom. The van der Waals surface area contributed by atoms with Crippen molar-refractivity contribution < 1.29 is 9.53 Å². The van der Waals surface area contributed by atoms with Crippen molar-refractivity contribution in [3.63, 3.8) is 0 Å². The van der Waals surface area contributed by atoms with Crippen molar-refractivity contribution in [2.45, 2.75) is 18.9 Å². The Hall–Kier alpha value is -2.49. The van der Waals surface area contributed by atoms with Crippen LogP contribution in [0.4, 0.5) is 5.69 Å². The highest BCUT2D eigenvalue weighted by Crippen LogP contribution is 2.25. The van der Waals surface area contributed by atoms with Crippen molar-refractivity contribution in [2.75, 3.05) is 18.5 Å². The van der Waals surface area contributed by atoms with Gasteiger partial charge in [-0.3, -0.25) is 4.79 Å². The summed E-state index contributed by atoms with van der Waals surface area (Å²) in [5, 5.41) is 6.39. The normalized spacial score (nSPS) is 18.6. The molecule has 1 atom stereocenters. The van der Waals surface area contributed by atoms with E-state index in [9.17, 15) is 4.79 Å². The van der Waals surface area contributed by atoms with Gasteiger partial charge in [0.15, 0.2) is 0 Å².